The SMILES string of the molecule is Cc1cc(Br)cc([N+](=O)[O-])c1OCC1(CS)CCOCC1. The Kier molecular flexibility index (Phi) is 5.51. The smallest absolute Gasteiger partial charge is 0.312 e. The molecule has 2 rings (SSSR count). The molecule has 0 atom stereocenters. The summed E-state index contributed by atoms with van der Waals surface area (Å²) in [6.45, 7) is 3.60. The quantitative estimate of drug-likeness (QED) is 0.483. The van der Waals surface area contributed by atoms with E-state index in [-0.39, 0.29) is 11.1 Å². The number of rotatable bonds is 5. The first-order chi connectivity index (χ1) is 9.97. The first kappa shape index (κ1) is 16.6. The van der Waals surface area contributed by atoms with E-state index >= 15 is 0 Å². The molecule has 0 aliphatic carbocycles. The lowest BCUT2D eigenvalue weighted by Crippen LogP contribution is -2.37. The van der Waals surface area contributed by atoms with Gasteiger partial charge in [-0.3, -0.25) is 10.1 Å². The molecule has 5 nitrogen and oxygen atoms in total. The third-order valence-electron chi connectivity index (χ3n) is 3.83. The van der Waals surface area contributed by atoms with Crippen LogP contribution in [0.25, 0.3) is 0 Å². The molecule has 0 unspecified atom stereocenters. The van der Waals surface area contributed by atoms with Crippen molar-refractivity contribution in [1.29, 1.82) is 0 Å². The molecule has 0 amide bonds. The Balaban J connectivity index is 2.21. The highest BCUT2D eigenvalue weighted by Gasteiger charge is 2.33. The van der Waals surface area contributed by atoms with E-state index in [1.807, 2.05) is 13.0 Å². The molecular weight excluding hydrogens is 358 g/mol. The molecule has 0 saturated carbocycles. The second kappa shape index (κ2) is 6.98. The van der Waals surface area contributed by atoms with Crippen LogP contribution in [0, 0.1) is 22.5 Å². The largest absolute Gasteiger partial charge is 0.486 e. The van der Waals surface area contributed by atoms with Crippen LogP contribution in [-0.4, -0.2) is 30.5 Å². The van der Waals surface area contributed by atoms with Crippen LogP contribution in [0.5, 0.6) is 5.75 Å². The van der Waals surface area contributed by atoms with Crippen LogP contribution in [-0.2, 0) is 4.74 Å². The summed E-state index contributed by atoms with van der Waals surface area (Å²) in [5.41, 5.74) is 0.662. The molecular formula is C14H18BrNO4S. The van der Waals surface area contributed by atoms with E-state index < -0.39 is 4.92 Å². The highest BCUT2D eigenvalue weighted by atomic mass is 79.9. The van der Waals surface area contributed by atoms with Crippen LogP contribution in [0.3, 0.4) is 0 Å². The number of ether oxygens (including phenoxy) is 2. The van der Waals surface area contributed by atoms with Crippen molar-refractivity contribution in [3.8, 4) is 5.75 Å². The molecule has 0 spiro atoms. The zero-order valence-electron chi connectivity index (χ0n) is 11.8. The number of hydrogen-bond donors (Lipinski definition) is 1. The molecule has 0 N–H and O–H groups in total. The summed E-state index contributed by atoms with van der Waals surface area (Å²) in [7, 11) is 0. The number of benzene rings is 1. The Morgan fingerprint density at radius 2 is 2.14 bits per heavy atom. The zero-order chi connectivity index (χ0) is 15.5. The summed E-state index contributed by atoms with van der Waals surface area (Å²) in [4.78, 5) is 10.8. The molecule has 1 saturated heterocycles. The average Bonchev–Trinajstić information content (AvgIpc) is 2.46. The molecule has 1 heterocycles. The number of nitrogens with zero attached hydrogens (tertiary/aromatic N) is 1. The van der Waals surface area contributed by atoms with Gasteiger partial charge in [0.1, 0.15) is 0 Å². The maximum atomic E-state index is 11.2. The van der Waals surface area contributed by atoms with Crippen molar-refractivity contribution >= 4 is 34.2 Å². The Morgan fingerprint density at radius 3 is 2.71 bits per heavy atom. The van der Waals surface area contributed by atoms with Gasteiger partial charge in [0, 0.05) is 29.2 Å². The molecule has 1 fully saturated rings. The van der Waals surface area contributed by atoms with Gasteiger partial charge in [0.25, 0.3) is 0 Å². The van der Waals surface area contributed by atoms with Crippen LogP contribution in [0.2, 0.25) is 0 Å². The van der Waals surface area contributed by atoms with E-state index in [9.17, 15) is 10.1 Å². The Labute approximate surface area is 137 Å². The summed E-state index contributed by atoms with van der Waals surface area (Å²) in [5.74, 6) is 1.02. The normalized spacial score (nSPS) is 17.5. The van der Waals surface area contributed by atoms with Crippen molar-refractivity contribution in [2.24, 2.45) is 5.41 Å². The maximum absolute atomic E-state index is 11.2. The van der Waals surface area contributed by atoms with Crippen LogP contribution in [0.4, 0.5) is 5.69 Å². The van der Waals surface area contributed by atoms with Gasteiger partial charge in [-0.1, -0.05) is 15.9 Å². The maximum Gasteiger partial charge on any atom is 0.312 e. The van der Waals surface area contributed by atoms with Crippen LogP contribution in [0.1, 0.15) is 18.4 Å². The number of halogens is 1. The predicted octanol–water partition coefficient (Wildman–Crippen LogP) is 3.77. The van der Waals surface area contributed by atoms with Gasteiger partial charge in [0.2, 0.25) is 0 Å². The van der Waals surface area contributed by atoms with E-state index in [2.05, 4.69) is 28.6 Å². The molecule has 116 valence electrons. The van der Waals surface area contributed by atoms with Gasteiger partial charge in [0.15, 0.2) is 5.75 Å². The summed E-state index contributed by atoms with van der Waals surface area (Å²) in [6, 6.07) is 3.29. The molecule has 21 heavy (non-hydrogen) atoms. The van der Waals surface area contributed by atoms with Crippen molar-refractivity contribution in [2.45, 2.75) is 19.8 Å². The minimum absolute atomic E-state index is 0.0109. The van der Waals surface area contributed by atoms with Crippen LogP contribution >= 0.6 is 28.6 Å². The lowest BCUT2D eigenvalue weighted by atomic mass is 9.83. The van der Waals surface area contributed by atoms with Gasteiger partial charge in [-0.2, -0.15) is 12.6 Å². The van der Waals surface area contributed by atoms with Gasteiger partial charge in [0.05, 0.1) is 11.5 Å². The molecule has 1 aromatic rings. The highest BCUT2D eigenvalue weighted by molar-refractivity contribution is 9.10. The Morgan fingerprint density at radius 1 is 1.48 bits per heavy atom. The molecule has 0 aromatic heterocycles. The predicted molar refractivity (Wildman–Crippen MR) is 87.4 cm³/mol. The van der Waals surface area contributed by atoms with Crippen molar-refractivity contribution in [1.82, 2.24) is 0 Å². The lowest BCUT2D eigenvalue weighted by molar-refractivity contribution is -0.386. The van der Waals surface area contributed by atoms with Crippen molar-refractivity contribution in [3.05, 3.63) is 32.3 Å². The van der Waals surface area contributed by atoms with E-state index in [1.54, 1.807) is 0 Å². The number of nitro groups is 1. The van der Waals surface area contributed by atoms with Crippen molar-refractivity contribution in [2.75, 3.05) is 25.6 Å². The summed E-state index contributed by atoms with van der Waals surface area (Å²) in [5, 5.41) is 11.2. The van der Waals surface area contributed by atoms with E-state index in [1.165, 1.54) is 6.07 Å². The Bertz CT molecular complexity index is 532. The number of thiol groups is 1. The lowest BCUT2D eigenvalue weighted by Gasteiger charge is -2.35. The van der Waals surface area contributed by atoms with Crippen LogP contribution < -0.4 is 4.74 Å². The fraction of sp³-hybridized carbons (Fsp3) is 0.571. The minimum Gasteiger partial charge on any atom is -0.486 e. The molecule has 0 bridgehead atoms. The molecule has 1 aliphatic heterocycles. The third kappa shape index (κ3) is 3.90. The average molecular weight is 376 g/mol. The Hall–Kier alpha value is -0.790. The molecule has 1 aromatic carbocycles. The first-order valence-corrected chi connectivity index (χ1v) is 8.16. The molecule has 7 heteroatoms. The van der Waals surface area contributed by atoms with Crippen molar-refractivity contribution < 1.29 is 14.4 Å². The van der Waals surface area contributed by atoms with Gasteiger partial charge in [-0.05, 0) is 37.1 Å². The fourth-order valence-corrected chi connectivity index (χ4v) is 3.38. The van der Waals surface area contributed by atoms with Gasteiger partial charge in [-0.25, -0.2) is 0 Å². The highest BCUT2D eigenvalue weighted by Crippen LogP contribution is 2.37. The first-order valence-electron chi connectivity index (χ1n) is 6.73. The second-order valence-corrected chi connectivity index (χ2v) is 6.62. The number of aryl methyl sites for hydroxylation is 1. The number of hydrogen-bond acceptors (Lipinski definition) is 5. The van der Waals surface area contributed by atoms with Gasteiger partial charge >= 0.3 is 5.69 Å². The van der Waals surface area contributed by atoms with Crippen molar-refractivity contribution in [3.63, 3.8) is 0 Å². The molecule has 1 aliphatic rings. The minimum atomic E-state index is -0.412. The summed E-state index contributed by atoms with van der Waals surface area (Å²) in [6.07, 6.45) is 1.72. The van der Waals surface area contributed by atoms with E-state index in [0.29, 0.717) is 35.8 Å². The molecule has 0 radical (unpaired) electrons. The summed E-state index contributed by atoms with van der Waals surface area (Å²) < 4.78 is 11.9. The standard InChI is InChI=1S/C14H18BrNO4S/c1-10-6-11(15)7-12(16(17)18)13(10)20-8-14(9-21)2-4-19-5-3-14/h6-7,21H,2-5,8-9H2,1H3. The number of nitro benzene ring substituents is 1. The van der Waals surface area contributed by atoms with Gasteiger partial charge < -0.3 is 9.47 Å². The second-order valence-electron chi connectivity index (χ2n) is 5.39. The zero-order valence-corrected chi connectivity index (χ0v) is 14.3. The monoisotopic (exact) mass is 375 g/mol. The third-order valence-corrected chi connectivity index (χ3v) is 4.96. The fourth-order valence-electron chi connectivity index (χ4n) is 2.41. The van der Waals surface area contributed by atoms with Gasteiger partial charge in [-0.15, -0.1) is 0 Å². The topological polar surface area (TPSA) is 61.6 Å². The van der Waals surface area contributed by atoms with Crippen LogP contribution in [0.15, 0.2) is 16.6 Å². The van der Waals surface area contributed by atoms with E-state index in [0.717, 1.165) is 18.4 Å². The summed E-state index contributed by atoms with van der Waals surface area (Å²) >= 11 is 7.71. The van der Waals surface area contributed by atoms with E-state index in [4.69, 9.17) is 9.47 Å².